The highest BCUT2D eigenvalue weighted by Gasteiger charge is 2.45. The van der Waals surface area contributed by atoms with E-state index in [4.69, 9.17) is 0 Å². The summed E-state index contributed by atoms with van der Waals surface area (Å²) in [5.41, 5.74) is -1.05. The van der Waals surface area contributed by atoms with Crippen molar-refractivity contribution in [2.75, 3.05) is 0 Å². The predicted octanol–water partition coefficient (Wildman–Crippen LogP) is 3.65. The Morgan fingerprint density at radius 1 is 0.611 bits per heavy atom. The average Bonchev–Trinajstić information content (AvgIpc) is 2.39. The van der Waals surface area contributed by atoms with Crippen LogP contribution in [0.25, 0.3) is 0 Å². The number of hydrogen-bond donors (Lipinski definition) is 2. The minimum absolute atomic E-state index is 0.209. The highest BCUT2D eigenvalue weighted by molar-refractivity contribution is 4.97. The van der Waals surface area contributed by atoms with Crippen molar-refractivity contribution in [1.82, 2.24) is 0 Å². The largest absolute Gasteiger partial charge is 0.390 e. The van der Waals surface area contributed by atoms with Gasteiger partial charge in [-0.15, -0.1) is 0 Å². The molecule has 106 valence electrons. The third kappa shape index (κ3) is 2.75. The van der Waals surface area contributed by atoms with E-state index in [1.165, 1.54) is 12.8 Å². The molecule has 0 bridgehead atoms. The van der Waals surface area contributed by atoms with Crippen molar-refractivity contribution >= 4 is 0 Å². The third-order valence-corrected chi connectivity index (χ3v) is 5.88. The van der Waals surface area contributed by atoms with Gasteiger partial charge in [-0.1, -0.05) is 52.4 Å². The minimum Gasteiger partial charge on any atom is -0.390 e. The highest BCUT2D eigenvalue weighted by Crippen LogP contribution is 2.44. The van der Waals surface area contributed by atoms with Gasteiger partial charge < -0.3 is 10.2 Å². The van der Waals surface area contributed by atoms with Crippen molar-refractivity contribution in [3.63, 3.8) is 0 Å². The van der Waals surface area contributed by atoms with Crippen molar-refractivity contribution in [1.29, 1.82) is 0 Å². The lowest BCUT2D eigenvalue weighted by atomic mass is 9.64. The van der Waals surface area contributed by atoms with Crippen LogP contribution in [0.2, 0.25) is 0 Å². The Labute approximate surface area is 112 Å². The van der Waals surface area contributed by atoms with E-state index < -0.39 is 11.2 Å². The molecule has 0 aromatic carbocycles. The fraction of sp³-hybridized carbons (Fsp3) is 1.00. The van der Waals surface area contributed by atoms with E-state index >= 15 is 0 Å². The van der Waals surface area contributed by atoms with Crippen LogP contribution >= 0.6 is 0 Å². The SMILES string of the molecule is CC(C(C)C1(O)CCCCC1)C1(O)CCCCC1. The molecule has 0 heterocycles. The summed E-state index contributed by atoms with van der Waals surface area (Å²) in [5.74, 6) is 0.418. The molecule has 0 aliphatic heterocycles. The van der Waals surface area contributed by atoms with Crippen LogP contribution in [-0.2, 0) is 0 Å². The monoisotopic (exact) mass is 254 g/mol. The molecule has 2 atom stereocenters. The maximum Gasteiger partial charge on any atom is 0.0676 e. The Morgan fingerprint density at radius 2 is 0.889 bits per heavy atom. The molecule has 2 unspecified atom stereocenters. The molecule has 0 amide bonds. The molecule has 0 aromatic rings. The first-order valence-electron chi connectivity index (χ1n) is 7.93. The highest BCUT2D eigenvalue weighted by atomic mass is 16.3. The predicted molar refractivity (Wildman–Crippen MR) is 74.4 cm³/mol. The normalized spacial score (nSPS) is 30.7. The molecule has 0 radical (unpaired) electrons. The summed E-state index contributed by atoms with van der Waals surface area (Å²) in [4.78, 5) is 0. The first-order chi connectivity index (χ1) is 8.48. The Balaban J connectivity index is 2.04. The quantitative estimate of drug-likeness (QED) is 0.807. The minimum atomic E-state index is -0.523. The van der Waals surface area contributed by atoms with Gasteiger partial charge in [0.15, 0.2) is 0 Å². The Hall–Kier alpha value is -0.0800. The smallest absolute Gasteiger partial charge is 0.0676 e. The van der Waals surface area contributed by atoms with E-state index in [0.717, 1.165) is 51.4 Å². The molecule has 0 saturated heterocycles. The van der Waals surface area contributed by atoms with Crippen LogP contribution in [0.4, 0.5) is 0 Å². The summed E-state index contributed by atoms with van der Waals surface area (Å²) in [7, 11) is 0. The van der Waals surface area contributed by atoms with E-state index in [2.05, 4.69) is 13.8 Å². The van der Waals surface area contributed by atoms with Crippen molar-refractivity contribution in [2.45, 2.75) is 89.3 Å². The molecule has 2 heteroatoms. The number of aliphatic hydroxyl groups is 2. The van der Waals surface area contributed by atoms with Crippen LogP contribution in [0.3, 0.4) is 0 Å². The first kappa shape index (κ1) is 14.3. The van der Waals surface area contributed by atoms with Gasteiger partial charge in [-0.25, -0.2) is 0 Å². The van der Waals surface area contributed by atoms with Gasteiger partial charge in [-0.05, 0) is 37.5 Å². The fourth-order valence-electron chi connectivity index (χ4n) is 4.17. The van der Waals surface area contributed by atoms with Gasteiger partial charge >= 0.3 is 0 Å². The topological polar surface area (TPSA) is 40.5 Å². The van der Waals surface area contributed by atoms with Crippen LogP contribution < -0.4 is 0 Å². The van der Waals surface area contributed by atoms with Crippen molar-refractivity contribution in [3.8, 4) is 0 Å². The van der Waals surface area contributed by atoms with Crippen LogP contribution in [0.1, 0.15) is 78.1 Å². The van der Waals surface area contributed by atoms with Crippen LogP contribution in [0, 0.1) is 11.8 Å². The summed E-state index contributed by atoms with van der Waals surface area (Å²) in [6.45, 7) is 4.31. The fourth-order valence-corrected chi connectivity index (χ4v) is 4.17. The van der Waals surface area contributed by atoms with Crippen molar-refractivity contribution < 1.29 is 10.2 Å². The number of hydrogen-bond acceptors (Lipinski definition) is 2. The zero-order chi connectivity index (χ0) is 13.2. The molecule has 2 aliphatic rings. The van der Waals surface area contributed by atoms with Crippen LogP contribution in [-0.4, -0.2) is 21.4 Å². The molecule has 18 heavy (non-hydrogen) atoms. The summed E-state index contributed by atoms with van der Waals surface area (Å²) in [6, 6.07) is 0. The van der Waals surface area contributed by atoms with Crippen molar-refractivity contribution in [3.05, 3.63) is 0 Å². The summed E-state index contributed by atoms with van der Waals surface area (Å²) in [5, 5.41) is 21.7. The molecular weight excluding hydrogens is 224 g/mol. The molecular formula is C16H30O2. The summed E-state index contributed by atoms with van der Waals surface area (Å²) in [6.07, 6.45) is 10.8. The summed E-state index contributed by atoms with van der Waals surface area (Å²) >= 11 is 0. The lowest BCUT2D eigenvalue weighted by molar-refractivity contribution is -0.125. The van der Waals surface area contributed by atoms with E-state index in [1.54, 1.807) is 0 Å². The van der Waals surface area contributed by atoms with Gasteiger partial charge in [0.25, 0.3) is 0 Å². The zero-order valence-electron chi connectivity index (χ0n) is 12.1. The Bertz CT molecular complexity index is 234. The maximum absolute atomic E-state index is 10.8. The Morgan fingerprint density at radius 3 is 1.17 bits per heavy atom. The number of rotatable bonds is 3. The second-order valence-corrected chi connectivity index (χ2v) is 6.91. The third-order valence-electron chi connectivity index (χ3n) is 5.88. The molecule has 2 saturated carbocycles. The molecule has 2 rings (SSSR count). The average molecular weight is 254 g/mol. The van der Waals surface area contributed by atoms with E-state index in [-0.39, 0.29) is 11.8 Å². The second-order valence-electron chi connectivity index (χ2n) is 6.91. The second kappa shape index (κ2) is 5.50. The molecule has 0 aromatic heterocycles. The summed E-state index contributed by atoms with van der Waals surface area (Å²) < 4.78 is 0. The van der Waals surface area contributed by atoms with E-state index in [0.29, 0.717) is 0 Å². The van der Waals surface area contributed by atoms with Gasteiger partial charge in [-0.3, -0.25) is 0 Å². The maximum atomic E-state index is 10.8. The first-order valence-corrected chi connectivity index (χ1v) is 7.93. The van der Waals surface area contributed by atoms with E-state index in [9.17, 15) is 10.2 Å². The molecule has 2 nitrogen and oxygen atoms in total. The van der Waals surface area contributed by atoms with Crippen molar-refractivity contribution in [2.24, 2.45) is 11.8 Å². The van der Waals surface area contributed by atoms with Gasteiger partial charge in [0, 0.05) is 0 Å². The van der Waals surface area contributed by atoms with Gasteiger partial charge in [0.05, 0.1) is 11.2 Å². The van der Waals surface area contributed by atoms with Gasteiger partial charge in [0.2, 0.25) is 0 Å². The molecule has 2 fully saturated rings. The van der Waals surface area contributed by atoms with Crippen LogP contribution in [0.15, 0.2) is 0 Å². The van der Waals surface area contributed by atoms with E-state index in [1.807, 2.05) is 0 Å². The van der Waals surface area contributed by atoms with Gasteiger partial charge in [0.1, 0.15) is 0 Å². The zero-order valence-corrected chi connectivity index (χ0v) is 12.1. The Kier molecular flexibility index (Phi) is 4.38. The standard InChI is InChI=1S/C16H30O2/c1-13(15(17)9-5-3-6-10-15)14(2)16(18)11-7-4-8-12-16/h13-14,17-18H,3-12H2,1-2H3. The molecule has 0 spiro atoms. The van der Waals surface area contributed by atoms with Crippen LogP contribution in [0.5, 0.6) is 0 Å². The molecule has 2 aliphatic carbocycles. The van der Waals surface area contributed by atoms with Gasteiger partial charge in [-0.2, -0.15) is 0 Å². The lowest BCUT2D eigenvalue weighted by Gasteiger charge is -2.47. The lowest BCUT2D eigenvalue weighted by Crippen LogP contribution is -2.50. The molecule has 2 N–H and O–H groups in total.